The SMILES string of the molecule is Nc1c(O)ccc2oc3ccccc3c(=O)c12. The highest BCUT2D eigenvalue weighted by Gasteiger charge is 2.12. The molecule has 3 rings (SSSR count). The zero-order chi connectivity index (χ0) is 12.0. The van der Waals surface area contributed by atoms with Crippen LogP contribution in [0.3, 0.4) is 0 Å². The van der Waals surface area contributed by atoms with E-state index in [1.165, 1.54) is 12.1 Å². The van der Waals surface area contributed by atoms with E-state index < -0.39 is 0 Å². The molecule has 84 valence electrons. The van der Waals surface area contributed by atoms with Gasteiger partial charge in [-0.2, -0.15) is 0 Å². The Morgan fingerprint density at radius 2 is 1.82 bits per heavy atom. The number of hydrogen-bond acceptors (Lipinski definition) is 4. The van der Waals surface area contributed by atoms with Crippen molar-refractivity contribution in [2.75, 3.05) is 5.73 Å². The Kier molecular flexibility index (Phi) is 1.86. The molecule has 0 amide bonds. The highest BCUT2D eigenvalue weighted by molar-refractivity contribution is 5.98. The summed E-state index contributed by atoms with van der Waals surface area (Å²) in [5.41, 5.74) is 6.42. The van der Waals surface area contributed by atoms with Crippen LogP contribution in [-0.4, -0.2) is 5.11 Å². The standard InChI is InChI=1S/C13H9NO3/c14-12-8(15)5-6-10-11(12)13(16)7-3-1-2-4-9(7)17-10/h1-6,15H,14H2. The largest absolute Gasteiger partial charge is 0.506 e. The summed E-state index contributed by atoms with van der Waals surface area (Å²) in [6.45, 7) is 0. The maximum Gasteiger partial charge on any atom is 0.202 e. The van der Waals surface area contributed by atoms with Crippen LogP contribution in [0.5, 0.6) is 5.75 Å². The molecule has 0 spiro atoms. The molecular formula is C13H9NO3. The monoisotopic (exact) mass is 227 g/mol. The first-order chi connectivity index (χ1) is 8.18. The topological polar surface area (TPSA) is 76.5 Å². The molecule has 3 aromatic rings. The minimum absolute atomic E-state index is 0.0574. The lowest BCUT2D eigenvalue weighted by atomic mass is 10.1. The van der Waals surface area contributed by atoms with E-state index in [4.69, 9.17) is 10.2 Å². The maximum atomic E-state index is 12.2. The number of nitrogens with two attached hydrogens (primary N) is 1. The van der Waals surface area contributed by atoms with E-state index in [2.05, 4.69) is 0 Å². The Balaban J connectivity index is 2.66. The molecule has 0 fully saturated rings. The van der Waals surface area contributed by atoms with E-state index in [0.29, 0.717) is 16.6 Å². The second-order valence-electron chi connectivity index (χ2n) is 3.80. The van der Waals surface area contributed by atoms with Gasteiger partial charge in [0.2, 0.25) is 5.43 Å². The molecule has 0 atom stereocenters. The fourth-order valence-corrected chi connectivity index (χ4v) is 1.90. The van der Waals surface area contributed by atoms with Gasteiger partial charge in [-0.05, 0) is 24.3 Å². The fourth-order valence-electron chi connectivity index (χ4n) is 1.90. The predicted molar refractivity (Wildman–Crippen MR) is 66.1 cm³/mol. The van der Waals surface area contributed by atoms with Crippen LogP contribution >= 0.6 is 0 Å². The number of rotatable bonds is 0. The average molecular weight is 227 g/mol. The second kappa shape index (κ2) is 3.25. The third-order valence-electron chi connectivity index (χ3n) is 2.76. The molecule has 1 heterocycles. The first-order valence-corrected chi connectivity index (χ1v) is 5.11. The highest BCUT2D eigenvalue weighted by Crippen LogP contribution is 2.29. The number of phenolic OH excluding ortho intramolecular Hbond substituents is 1. The van der Waals surface area contributed by atoms with E-state index in [0.717, 1.165) is 0 Å². The minimum atomic E-state index is -0.227. The molecule has 0 radical (unpaired) electrons. The molecule has 0 saturated carbocycles. The molecular weight excluding hydrogens is 218 g/mol. The molecule has 3 N–H and O–H groups in total. The summed E-state index contributed by atoms with van der Waals surface area (Å²) < 4.78 is 5.57. The van der Waals surface area contributed by atoms with Gasteiger partial charge < -0.3 is 15.3 Å². The van der Waals surface area contributed by atoms with Crippen LogP contribution in [0.4, 0.5) is 5.69 Å². The van der Waals surface area contributed by atoms with Crippen LogP contribution in [-0.2, 0) is 0 Å². The molecule has 0 saturated heterocycles. The molecule has 0 aliphatic heterocycles. The molecule has 0 aliphatic carbocycles. The molecule has 2 aromatic carbocycles. The van der Waals surface area contributed by atoms with Crippen molar-refractivity contribution in [1.29, 1.82) is 0 Å². The molecule has 4 heteroatoms. The average Bonchev–Trinajstić information content (AvgIpc) is 2.34. The van der Waals surface area contributed by atoms with Crippen molar-refractivity contribution in [3.05, 3.63) is 46.6 Å². The van der Waals surface area contributed by atoms with Crippen LogP contribution < -0.4 is 11.2 Å². The van der Waals surface area contributed by atoms with E-state index in [9.17, 15) is 9.90 Å². The number of para-hydroxylation sites is 1. The number of anilines is 1. The van der Waals surface area contributed by atoms with Gasteiger partial charge in [0.25, 0.3) is 0 Å². The third kappa shape index (κ3) is 1.27. The van der Waals surface area contributed by atoms with Crippen LogP contribution in [0.2, 0.25) is 0 Å². The van der Waals surface area contributed by atoms with Crippen LogP contribution in [0.25, 0.3) is 21.9 Å². The lowest BCUT2D eigenvalue weighted by Crippen LogP contribution is -2.05. The second-order valence-corrected chi connectivity index (χ2v) is 3.80. The minimum Gasteiger partial charge on any atom is -0.506 e. The summed E-state index contributed by atoms with van der Waals surface area (Å²) in [6, 6.07) is 9.89. The first kappa shape index (κ1) is 9.72. The fraction of sp³-hybridized carbons (Fsp3) is 0. The Bertz CT molecular complexity index is 790. The number of phenols is 1. The lowest BCUT2D eigenvalue weighted by Gasteiger charge is -2.04. The number of hydrogen-bond donors (Lipinski definition) is 2. The highest BCUT2D eigenvalue weighted by atomic mass is 16.3. The molecule has 0 bridgehead atoms. The molecule has 0 unspecified atom stereocenters. The summed E-state index contributed by atoms with van der Waals surface area (Å²) in [4.78, 5) is 12.2. The van der Waals surface area contributed by atoms with Crippen molar-refractivity contribution in [2.24, 2.45) is 0 Å². The van der Waals surface area contributed by atoms with Crippen LogP contribution in [0.15, 0.2) is 45.6 Å². The van der Waals surface area contributed by atoms with Crippen molar-refractivity contribution in [2.45, 2.75) is 0 Å². The zero-order valence-electron chi connectivity index (χ0n) is 8.81. The number of nitrogen functional groups attached to an aromatic ring is 1. The molecule has 1 aromatic heterocycles. The summed E-state index contributed by atoms with van der Waals surface area (Å²) in [7, 11) is 0. The van der Waals surface area contributed by atoms with Gasteiger partial charge >= 0.3 is 0 Å². The Morgan fingerprint density at radius 3 is 2.65 bits per heavy atom. The lowest BCUT2D eigenvalue weighted by molar-refractivity contribution is 0.478. The number of fused-ring (bicyclic) bond motifs is 2. The summed E-state index contributed by atoms with van der Waals surface area (Å²) in [5, 5.41) is 10.2. The van der Waals surface area contributed by atoms with Crippen molar-refractivity contribution in [3.8, 4) is 5.75 Å². The van der Waals surface area contributed by atoms with Gasteiger partial charge in [0.05, 0.1) is 16.5 Å². The van der Waals surface area contributed by atoms with Crippen LogP contribution in [0.1, 0.15) is 0 Å². The summed E-state index contributed by atoms with van der Waals surface area (Å²) in [6.07, 6.45) is 0. The zero-order valence-corrected chi connectivity index (χ0v) is 8.81. The predicted octanol–water partition coefficient (Wildman–Crippen LogP) is 2.23. The van der Waals surface area contributed by atoms with Crippen LogP contribution in [0, 0.1) is 0 Å². The van der Waals surface area contributed by atoms with Gasteiger partial charge in [0, 0.05) is 0 Å². The molecule has 4 nitrogen and oxygen atoms in total. The molecule has 0 aliphatic rings. The van der Waals surface area contributed by atoms with Gasteiger partial charge in [-0.1, -0.05) is 12.1 Å². The van der Waals surface area contributed by atoms with E-state index in [-0.39, 0.29) is 22.3 Å². The van der Waals surface area contributed by atoms with Crippen molar-refractivity contribution in [1.82, 2.24) is 0 Å². The van der Waals surface area contributed by atoms with Crippen molar-refractivity contribution >= 4 is 27.6 Å². The van der Waals surface area contributed by atoms with Gasteiger partial charge in [-0.25, -0.2) is 0 Å². The van der Waals surface area contributed by atoms with Crippen molar-refractivity contribution in [3.63, 3.8) is 0 Å². The maximum absolute atomic E-state index is 12.2. The van der Waals surface area contributed by atoms with Crippen molar-refractivity contribution < 1.29 is 9.52 Å². The van der Waals surface area contributed by atoms with Gasteiger partial charge in [-0.15, -0.1) is 0 Å². The Morgan fingerprint density at radius 1 is 1.06 bits per heavy atom. The Hall–Kier alpha value is -2.49. The quantitative estimate of drug-likeness (QED) is 0.351. The normalized spacial score (nSPS) is 11.1. The van der Waals surface area contributed by atoms with Gasteiger partial charge in [0.1, 0.15) is 16.9 Å². The van der Waals surface area contributed by atoms with E-state index >= 15 is 0 Å². The smallest absolute Gasteiger partial charge is 0.202 e. The third-order valence-corrected chi connectivity index (χ3v) is 2.76. The van der Waals surface area contributed by atoms with Gasteiger partial charge in [-0.3, -0.25) is 4.79 Å². The molecule has 17 heavy (non-hydrogen) atoms. The van der Waals surface area contributed by atoms with E-state index in [1.54, 1.807) is 24.3 Å². The number of aromatic hydroxyl groups is 1. The number of benzene rings is 2. The summed E-state index contributed by atoms with van der Waals surface area (Å²) in [5.74, 6) is -0.111. The Labute approximate surface area is 95.9 Å². The first-order valence-electron chi connectivity index (χ1n) is 5.11. The summed E-state index contributed by atoms with van der Waals surface area (Å²) >= 11 is 0. The van der Waals surface area contributed by atoms with E-state index in [1.807, 2.05) is 0 Å². The van der Waals surface area contributed by atoms with Gasteiger partial charge in [0.15, 0.2) is 0 Å².